The number of aromatic nitrogens is 3. The van der Waals surface area contributed by atoms with Gasteiger partial charge in [0.15, 0.2) is 5.65 Å². The number of rotatable bonds is 9. The highest BCUT2D eigenvalue weighted by molar-refractivity contribution is 7.98. The van der Waals surface area contributed by atoms with Crippen LogP contribution < -0.4 is 16.4 Å². The first-order valence-electron chi connectivity index (χ1n) is 9.83. The van der Waals surface area contributed by atoms with Crippen LogP contribution in [0.4, 0.5) is 11.5 Å². The molecule has 166 valence electrons. The van der Waals surface area contributed by atoms with Crippen molar-refractivity contribution in [1.29, 1.82) is 0 Å². The third-order valence-corrected chi connectivity index (χ3v) is 5.87. The van der Waals surface area contributed by atoms with Crippen molar-refractivity contribution in [2.24, 2.45) is 5.73 Å². The molecular weight excluding hydrogens is 460 g/mol. The minimum Gasteiger partial charge on any atom is -0.364 e. The Kier molecular flexibility index (Phi) is 6.92. The van der Waals surface area contributed by atoms with Gasteiger partial charge >= 0.3 is 0 Å². The highest BCUT2D eigenvalue weighted by Crippen LogP contribution is 2.29. The van der Waals surface area contributed by atoms with Crippen LogP contribution in [-0.2, 0) is 15.3 Å². The Balaban J connectivity index is 1.77. The third kappa shape index (κ3) is 5.51. The molecule has 10 heteroatoms. The van der Waals surface area contributed by atoms with Crippen molar-refractivity contribution in [2.45, 2.75) is 10.8 Å². The van der Waals surface area contributed by atoms with Crippen LogP contribution in [0.15, 0.2) is 77.6 Å². The molecule has 0 aliphatic heterocycles. The second-order valence-corrected chi connectivity index (χ2v) is 8.34. The minimum absolute atomic E-state index is 0.0617. The number of carbonyl (C=O) groups excluding carboxylic acids is 2. The predicted molar refractivity (Wildman–Crippen MR) is 130 cm³/mol. The zero-order chi connectivity index (χ0) is 23.2. The zero-order valence-corrected chi connectivity index (χ0v) is 18.8. The summed E-state index contributed by atoms with van der Waals surface area (Å²) < 4.78 is 1.68. The molecule has 0 bridgehead atoms. The van der Waals surface area contributed by atoms with Gasteiger partial charge in [-0.15, -0.1) is 11.8 Å². The van der Waals surface area contributed by atoms with E-state index in [9.17, 15) is 9.59 Å². The Morgan fingerprint density at radius 3 is 2.70 bits per heavy atom. The summed E-state index contributed by atoms with van der Waals surface area (Å²) in [6.45, 7) is 0. The topological polar surface area (TPSA) is 114 Å². The smallest absolute Gasteiger partial charge is 0.265 e. The van der Waals surface area contributed by atoms with E-state index in [4.69, 9.17) is 17.3 Å². The summed E-state index contributed by atoms with van der Waals surface area (Å²) >= 11 is 7.70. The van der Waals surface area contributed by atoms with Crippen LogP contribution in [0.2, 0.25) is 5.02 Å². The molecule has 2 amide bonds. The lowest BCUT2D eigenvalue weighted by molar-refractivity contribution is -0.116. The van der Waals surface area contributed by atoms with E-state index in [0.29, 0.717) is 28.5 Å². The van der Waals surface area contributed by atoms with Gasteiger partial charge in [-0.3, -0.25) is 9.59 Å². The van der Waals surface area contributed by atoms with Crippen LogP contribution >= 0.6 is 23.4 Å². The van der Waals surface area contributed by atoms with E-state index in [0.717, 1.165) is 22.0 Å². The fourth-order valence-corrected chi connectivity index (χ4v) is 4.22. The standard InChI is InChI=1S/C23H19ClN6O2S/c24-17-7-4-8-18(10-17)28-20-11-21(33-13-15-5-2-1-3-6-15)30-23(29-20)16(12-27-30)9-19(22(25)32)26-14-31/h1-12,14H,13H2,(H2,25,32)(H,26,31)(H,28,29)/b19-9-. The number of hydrogen-bond acceptors (Lipinski definition) is 6. The summed E-state index contributed by atoms with van der Waals surface area (Å²) in [5.41, 5.74) is 8.25. The van der Waals surface area contributed by atoms with Crippen LogP contribution in [0.25, 0.3) is 11.7 Å². The molecule has 0 fully saturated rings. The Labute approximate surface area is 198 Å². The van der Waals surface area contributed by atoms with Gasteiger partial charge in [-0.1, -0.05) is 48.0 Å². The van der Waals surface area contributed by atoms with E-state index >= 15 is 0 Å². The van der Waals surface area contributed by atoms with Crippen LogP contribution in [-0.4, -0.2) is 26.9 Å². The van der Waals surface area contributed by atoms with Crippen LogP contribution in [0.5, 0.6) is 0 Å². The number of carbonyl (C=O) groups is 2. The number of benzene rings is 2. The summed E-state index contributed by atoms with van der Waals surface area (Å²) in [5.74, 6) is 0.522. The van der Waals surface area contributed by atoms with Gasteiger partial charge in [-0.25, -0.2) is 9.50 Å². The number of anilines is 2. The molecule has 0 saturated heterocycles. The molecule has 0 spiro atoms. The molecule has 0 aliphatic rings. The molecule has 4 rings (SSSR count). The van der Waals surface area contributed by atoms with E-state index in [1.807, 2.05) is 36.4 Å². The highest BCUT2D eigenvalue weighted by atomic mass is 35.5. The number of hydrogen-bond donors (Lipinski definition) is 3. The van der Waals surface area contributed by atoms with E-state index in [1.165, 1.54) is 6.08 Å². The van der Waals surface area contributed by atoms with Gasteiger partial charge in [0, 0.05) is 28.1 Å². The number of nitrogens with one attached hydrogen (secondary N) is 2. The van der Waals surface area contributed by atoms with Gasteiger partial charge in [-0.05, 0) is 29.8 Å². The first-order valence-corrected chi connectivity index (χ1v) is 11.2. The van der Waals surface area contributed by atoms with Crippen LogP contribution in [0, 0.1) is 0 Å². The second kappa shape index (κ2) is 10.2. The minimum atomic E-state index is -0.770. The average molecular weight is 479 g/mol. The molecule has 0 saturated carbocycles. The fourth-order valence-electron chi connectivity index (χ4n) is 3.07. The summed E-state index contributed by atoms with van der Waals surface area (Å²) in [4.78, 5) is 27.2. The van der Waals surface area contributed by atoms with Gasteiger partial charge in [0.1, 0.15) is 16.5 Å². The van der Waals surface area contributed by atoms with E-state index in [2.05, 4.69) is 32.8 Å². The largest absolute Gasteiger partial charge is 0.364 e. The third-order valence-electron chi connectivity index (χ3n) is 4.57. The van der Waals surface area contributed by atoms with Gasteiger partial charge in [-0.2, -0.15) is 5.10 Å². The van der Waals surface area contributed by atoms with Crippen molar-refractivity contribution < 1.29 is 9.59 Å². The molecule has 33 heavy (non-hydrogen) atoms. The second-order valence-electron chi connectivity index (χ2n) is 6.91. The molecule has 8 nitrogen and oxygen atoms in total. The molecule has 2 aromatic heterocycles. The van der Waals surface area contributed by atoms with Crippen molar-refractivity contribution in [3.63, 3.8) is 0 Å². The summed E-state index contributed by atoms with van der Waals surface area (Å²) in [7, 11) is 0. The quantitative estimate of drug-likeness (QED) is 0.145. The van der Waals surface area contributed by atoms with Crippen molar-refractivity contribution in [3.8, 4) is 0 Å². The van der Waals surface area contributed by atoms with E-state index in [1.54, 1.807) is 34.6 Å². The highest BCUT2D eigenvalue weighted by Gasteiger charge is 2.14. The normalized spacial score (nSPS) is 11.4. The lowest BCUT2D eigenvalue weighted by Crippen LogP contribution is -2.24. The maximum atomic E-state index is 11.7. The molecular formula is C23H19ClN6O2S. The Hall–Kier alpha value is -3.82. The van der Waals surface area contributed by atoms with Gasteiger partial charge < -0.3 is 16.4 Å². The Morgan fingerprint density at radius 1 is 1.15 bits per heavy atom. The Bertz CT molecular complexity index is 1340. The molecule has 2 heterocycles. The first-order chi connectivity index (χ1) is 16.0. The van der Waals surface area contributed by atoms with Gasteiger partial charge in [0.05, 0.1) is 6.20 Å². The number of thioether (sulfide) groups is 1. The van der Waals surface area contributed by atoms with Gasteiger partial charge in [0.2, 0.25) is 6.41 Å². The fraction of sp³-hybridized carbons (Fsp3) is 0.0435. The molecule has 0 radical (unpaired) electrons. The van der Waals surface area contributed by atoms with Gasteiger partial charge in [0.25, 0.3) is 5.91 Å². The summed E-state index contributed by atoms with van der Waals surface area (Å²) in [5, 5.41) is 11.4. The lowest BCUT2D eigenvalue weighted by Gasteiger charge is -2.11. The number of nitrogens with two attached hydrogens (primary N) is 1. The number of fused-ring (bicyclic) bond motifs is 1. The molecule has 0 unspecified atom stereocenters. The predicted octanol–water partition coefficient (Wildman–Crippen LogP) is 3.99. The molecule has 4 aromatic rings. The average Bonchev–Trinajstić information content (AvgIpc) is 3.20. The van der Waals surface area contributed by atoms with Crippen LogP contribution in [0.1, 0.15) is 11.1 Å². The summed E-state index contributed by atoms with van der Waals surface area (Å²) in [6.07, 6.45) is 3.40. The molecule has 4 N–H and O–H groups in total. The lowest BCUT2D eigenvalue weighted by atomic mass is 10.2. The number of primary amides is 1. The monoisotopic (exact) mass is 478 g/mol. The van der Waals surface area contributed by atoms with Crippen molar-refractivity contribution in [3.05, 3.63) is 88.7 Å². The summed E-state index contributed by atoms with van der Waals surface area (Å²) in [6, 6.07) is 19.3. The van der Waals surface area contributed by atoms with E-state index < -0.39 is 5.91 Å². The van der Waals surface area contributed by atoms with Crippen LogP contribution in [0.3, 0.4) is 0 Å². The molecule has 0 aliphatic carbocycles. The van der Waals surface area contributed by atoms with Crippen molar-refractivity contribution in [1.82, 2.24) is 19.9 Å². The zero-order valence-electron chi connectivity index (χ0n) is 17.2. The maximum Gasteiger partial charge on any atom is 0.265 e. The molecule has 0 atom stereocenters. The van der Waals surface area contributed by atoms with Crippen molar-refractivity contribution in [2.75, 3.05) is 5.32 Å². The molecule has 2 aromatic carbocycles. The van der Waals surface area contributed by atoms with Crippen molar-refractivity contribution >= 4 is 58.9 Å². The number of amides is 2. The number of nitrogens with zero attached hydrogens (tertiary/aromatic N) is 3. The number of halogens is 1. The van der Waals surface area contributed by atoms with E-state index in [-0.39, 0.29) is 5.70 Å². The Morgan fingerprint density at radius 2 is 1.97 bits per heavy atom. The SMILES string of the molecule is NC(=O)/C(=C/c1cnn2c(SCc3ccccc3)cc(Nc3cccc(Cl)c3)nc12)NC=O. The first kappa shape index (κ1) is 22.4. The maximum absolute atomic E-state index is 11.7.